The molecule has 140 valence electrons. The molecule has 2 saturated heterocycles. The van der Waals surface area contributed by atoms with Gasteiger partial charge in [-0.2, -0.15) is 8.78 Å². The number of ether oxygens (including phenoxy) is 1. The molecular formula is C13H22F2N2O7. The van der Waals surface area contributed by atoms with E-state index < -0.39 is 61.2 Å². The highest BCUT2D eigenvalue weighted by molar-refractivity contribution is 5.82. The molecule has 2 rings (SSSR count). The Morgan fingerprint density at radius 2 is 1.96 bits per heavy atom. The van der Waals surface area contributed by atoms with Crippen LogP contribution < -0.4 is 5.73 Å². The van der Waals surface area contributed by atoms with E-state index in [4.69, 9.17) is 10.8 Å². The van der Waals surface area contributed by atoms with Crippen LogP contribution >= 0.6 is 0 Å². The number of hydrogen-bond donors (Lipinski definition) is 6. The van der Waals surface area contributed by atoms with Crippen LogP contribution in [0.2, 0.25) is 0 Å². The molecular weight excluding hydrogens is 334 g/mol. The first-order valence-electron chi connectivity index (χ1n) is 7.52. The molecule has 0 aromatic heterocycles. The summed E-state index contributed by atoms with van der Waals surface area (Å²) in [5.74, 6) is -8.52. The van der Waals surface area contributed by atoms with Gasteiger partial charge in [-0.3, -0.25) is 4.79 Å². The third kappa shape index (κ3) is 3.12. The summed E-state index contributed by atoms with van der Waals surface area (Å²) < 4.78 is 33.8. The molecule has 0 aromatic carbocycles. The second kappa shape index (κ2) is 6.75. The average Bonchev–Trinajstić information content (AvgIpc) is 2.53. The Morgan fingerprint density at radius 3 is 2.54 bits per heavy atom. The third-order valence-corrected chi connectivity index (χ3v) is 4.45. The zero-order chi connectivity index (χ0) is 18.3. The van der Waals surface area contributed by atoms with E-state index >= 15 is 0 Å². The van der Waals surface area contributed by atoms with Gasteiger partial charge in [0.15, 0.2) is 0 Å². The number of nitrogens with two attached hydrogens (primary N) is 1. The second-order valence-electron chi connectivity index (χ2n) is 6.17. The Morgan fingerprint density at radius 1 is 1.33 bits per heavy atom. The summed E-state index contributed by atoms with van der Waals surface area (Å²) in [4.78, 5) is 12.6. The summed E-state index contributed by atoms with van der Waals surface area (Å²) in [6, 6.07) is -0.931. The molecule has 9 nitrogen and oxygen atoms in total. The van der Waals surface area contributed by atoms with Crippen LogP contribution in [0.5, 0.6) is 0 Å². The highest BCUT2D eigenvalue weighted by Gasteiger charge is 2.66. The maximum absolute atomic E-state index is 14.6. The topological polar surface area (TPSA) is 157 Å². The van der Waals surface area contributed by atoms with Crippen LogP contribution in [0.1, 0.15) is 12.8 Å². The lowest BCUT2D eigenvalue weighted by molar-refractivity contribution is -0.411. The van der Waals surface area contributed by atoms with Crippen molar-refractivity contribution >= 4 is 5.91 Å². The SMILES string of the molecule is N[C@H]1CCCN(CC(F)(F)[C@]2(O)O[C@H](CO)[C@H](O)[C@H](O)[C@H]2O)C1=O. The van der Waals surface area contributed by atoms with Gasteiger partial charge in [0.1, 0.15) is 24.4 Å². The van der Waals surface area contributed by atoms with E-state index in [0.717, 1.165) is 4.90 Å². The van der Waals surface area contributed by atoms with Crippen LogP contribution in [-0.4, -0.2) is 98.2 Å². The van der Waals surface area contributed by atoms with Crippen LogP contribution in [0.3, 0.4) is 0 Å². The molecule has 2 aliphatic rings. The molecule has 2 heterocycles. The van der Waals surface area contributed by atoms with Crippen molar-refractivity contribution in [3.63, 3.8) is 0 Å². The minimum absolute atomic E-state index is 0.0110. The van der Waals surface area contributed by atoms with Crippen molar-refractivity contribution in [3.8, 4) is 0 Å². The van der Waals surface area contributed by atoms with Gasteiger partial charge in [0, 0.05) is 6.54 Å². The van der Waals surface area contributed by atoms with Gasteiger partial charge in [-0.05, 0) is 12.8 Å². The van der Waals surface area contributed by atoms with Gasteiger partial charge in [-0.1, -0.05) is 0 Å². The number of amides is 1. The largest absolute Gasteiger partial charge is 0.394 e. The summed E-state index contributed by atoms with van der Waals surface area (Å²) in [6.45, 7) is -2.28. The quantitative estimate of drug-likeness (QED) is 0.306. The maximum atomic E-state index is 14.6. The molecule has 0 aliphatic carbocycles. The Kier molecular flexibility index (Phi) is 5.45. The molecule has 11 heteroatoms. The third-order valence-electron chi connectivity index (χ3n) is 4.45. The summed E-state index contributed by atoms with van der Waals surface area (Å²) in [5, 5.41) is 48.2. The molecule has 0 radical (unpaired) electrons. The highest BCUT2D eigenvalue weighted by Crippen LogP contribution is 2.40. The Hall–Kier alpha value is -0.950. The number of aliphatic hydroxyl groups excluding tert-OH is 4. The molecule has 0 bridgehead atoms. The van der Waals surface area contributed by atoms with Gasteiger partial charge in [0.2, 0.25) is 5.91 Å². The van der Waals surface area contributed by atoms with Crippen molar-refractivity contribution in [2.24, 2.45) is 5.73 Å². The zero-order valence-corrected chi connectivity index (χ0v) is 12.8. The maximum Gasteiger partial charge on any atom is 0.320 e. The molecule has 0 spiro atoms. The standard InChI is InChI=1S/C13H22F2N2O7/c14-12(15,5-17-3-1-2-6(16)11(17)22)13(23)10(21)9(20)8(19)7(4-18)24-13/h6-10,18-21,23H,1-5,16H2/t6-,7+,8-,9-,10+,13+/m0/s1. The molecule has 2 aliphatic heterocycles. The van der Waals surface area contributed by atoms with E-state index in [1.807, 2.05) is 0 Å². The number of halogens is 2. The van der Waals surface area contributed by atoms with Gasteiger partial charge < -0.3 is 40.9 Å². The summed E-state index contributed by atoms with van der Waals surface area (Å²) in [5.41, 5.74) is 5.52. The van der Waals surface area contributed by atoms with Crippen LogP contribution in [-0.2, 0) is 9.53 Å². The first-order chi connectivity index (χ1) is 11.0. The Bertz CT molecular complexity index is 481. The van der Waals surface area contributed by atoms with E-state index in [0.29, 0.717) is 12.8 Å². The number of hydrogen-bond acceptors (Lipinski definition) is 8. The second-order valence-corrected chi connectivity index (χ2v) is 6.17. The van der Waals surface area contributed by atoms with Gasteiger partial charge in [-0.25, -0.2) is 0 Å². The fourth-order valence-electron chi connectivity index (χ4n) is 2.94. The van der Waals surface area contributed by atoms with E-state index in [2.05, 4.69) is 4.74 Å². The zero-order valence-electron chi connectivity index (χ0n) is 12.8. The first-order valence-corrected chi connectivity index (χ1v) is 7.52. The summed E-state index contributed by atoms with van der Waals surface area (Å²) in [6.07, 6.45) is -7.60. The lowest BCUT2D eigenvalue weighted by Crippen LogP contribution is -2.73. The minimum Gasteiger partial charge on any atom is -0.394 e. The molecule has 7 N–H and O–H groups in total. The van der Waals surface area contributed by atoms with Crippen molar-refractivity contribution in [2.75, 3.05) is 19.7 Å². The van der Waals surface area contributed by atoms with Crippen LogP contribution in [0, 0.1) is 0 Å². The van der Waals surface area contributed by atoms with Gasteiger partial charge >= 0.3 is 5.92 Å². The number of carbonyl (C=O) groups is 1. The van der Waals surface area contributed by atoms with E-state index in [1.54, 1.807) is 0 Å². The Balaban J connectivity index is 2.23. The number of likely N-dealkylation sites (tertiary alicyclic amines) is 1. The molecule has 2 fully saturated rings. The summed E-state index contributed by atoms with van der Waals surface area (Å²) >= 11 is 0. The average molecular weight is 356 g/mol. The fraction of sp³-hybridized carbons (Fsp3) is 0.923. The number of aliphatic hydroxyl groups is 5. The monoisotopic (exact) mass is 356 g/mol. The molecule has 24 heavy (non-hydrogen) atoms. The normalized spacial score (nSPS) is 41.6. The van der Waals surface area contributed by atoms with Crippen molar-refractivity contribution in [1.82, 2.24) is 4.90 Å². The van der Waals surface area contributed by atoms with Crippen molar-refractivity contribution in [3.05, 3.63) is 0 Å². The van der Waals surface area contributed by atoms with Crippen molar-refractivity contribution in [1.29, 1.82) is 0 Å². The summed E-state index contributed by atoms with van der Waals surface area (Å²) in [7, 11) is 0. The molecule has 0 unspecified atom stereocenters. The highest BCUT2D eigenvalue weighted by atomic mass is 19.3. The van der Waals surface area contributed by atoms with Gasteiger partial charge in [0.25, 0.3) is 5.79 Å². The van der Waals surface area contributed by atoms with Crippen LogP contribution in [0.25, 0.3) is 0 Å². The number of rotatable bonds is 4. The van der Waals surface area contributed by atoms with Gasteiger partial charge in [-0.15, -0.1) is 0 Å². The number of nitrogens with zero attached hydrogens (tertiary/aromatic N) is 1. The van der Waals surface area contributed by atoms with E-state index in [9.17, 15) is 34.0 Å². The van der Waals surface area contributed by atoms with Crippen molar-refractivity contribution < 1.29 is 43.8 Å². The number of carbonyl (C=O) groups excluding carboxylic acids is 1. The minimum atomic E-state index is -4.20. The number of piperidine rings is 1. The van der Waals surface area contributed by atoms with Crippen molar-refractivity contribution in [2.45, 2.75) is 55.0 Å². The molecule has 0 aromatic rings. The molecule has 0 saturated carbocycles. The first kappa shape index (κ1) is 19.4. The predicted molar refractivity (Wildman–Crippen MR) is 73.7 cm³/mol. The van der Waals surface area contributed by atoms with Crippen LogP contribution in [0.4, 0.5) is 8.78 Å². The van der Waals surface area contributed by atoms with E-state index in [1.165, 1.54) is 0 Å². The lowest BCUT2D eigenvalue weighted by atomic mass is 9.88. The molecule has 6 atom stereocenters. The van der Waals surface area contributed by atoms with Crippen LogP contribution in [0.15, 0.2) is 0 Å². The number of alkyl halides is 2. The fourth-order valence-corrected chi connectivity index (χ4v) is 2.94. The lowest BCUT2D eigenvalue weighted by Gasteiger charge is -2.49. The van der Waals surface area contributed by atoms with E-state index in [-0.39, 0.29) is 6.54 Å². The smallest absolute Gasteiger partial charge is 0.320 e. The Labute approximate surface area is 136 Å². The molecule has 1 amide bonds. The predicted octanol–water partition coefficient (Wildman–Crippen LogP) is -3.27. The van der Waals surface area contributed by atoms with Gasteiger partial charge in [0.05, 0.1) is 19.2 Å².